The van der Waals surface area contributed by atoms with Crippen LogP contribution >= 0.6 is 0 Å². The van der Waals surface area contributed by atoms with Crippen molar-refractivity contribution < 1.29 is 19.1 Å². The number of methoxy groups -OCH3 is 2. The molecule has 26 heavy (non-hydrogen) atoms. The molecular formula is C20H22N2O4. The van der Waals surface area contributed by atoms with E-state index in [-0.39, 0.29) is 18.4 Å². The van der Waals surface area contributed by atoms with Crippen molar-refractivity contribution in [3.05, 3.63) is 48.0 Å². The van der Waals surface area contributed by atoms with Gasteiger partial charge in [0.15, 0.2) is 11.5 Å². The maximum Gasteiger partial charge on any atom is 0.247 e. The van der Waals surface area contributed by atoms with E-state index in [4.69, 9.17) is 9.47 Å². The zero-order valence-electron chi connectivity index (χ0n) is 15.2. The van der Waals surface area contributed by atoms with Crippen molar-refractivity contribution in [2.45, 2.75) is 13.3 Å². The summed E-state index contributed by atoms with van der Waals surface area (Å²) in [5.41, 5.74) is 2.67. The zero-order chi connectivity index (χ0) is 18.7. The Labute approximate surface area is 152 Å². The first kappa shape index (κ1) is 17.8. The van der Waals surface area contributed by atoms with E-state index < -0.39 is 0 Å². The van der Waals surface area contributed by atoms with Gasteiger partial charge in [-0.15, -0.1) is 0 Å². The van der Waals surface area contributed by atoms with Crippen molar-refractivity contribution in [2.75, 3.05) is 37.1 Å². The predicted molar refractivity (Wildman–Crippen MR) is 100 cm³/mol. The number of benzene rings is 2. The summed E-state index contributed by atoms with van der Waals surface area (Å²) in [5, 5.41) is 0. The Hall–Kier alpha value is -3.02. The molecule has 0 bridgehead atoms. The molecule has 1 aliphatic heterocycles. The number of fused-ring (bicyclic) bond motifs is 1. The highest BCUT2D eigenvalue weighted by molar-refractivity contribution is 6.04. The molecule has 3 rings (SSSR count). The number of rotatable bonds is 5. The van der Waals surface area contributed by atoms with Gasteiger partial charge in [-0.2, -0.15) is 0 Å². The smallest absolute Gasteiger partial charge is 0.247 e. The normalized spacial score (nSPS) is 12.5. The van der Waals surface area contributed by atoms with Gasteiger partial charge in [-0.05, 0) is 30.2 Å². The van der Waals surface area contributed by atoms with Crippen LogP contribution in [0.2, 0.25) is 0 Å². The molecule has 0 saturated heterocycles. The summed E-state index contributed by atoms with van der Waals surface area (Å²) in [7, 11) is 3.08. The van der Waals surface area contributed by atoms with E-state index in [2.05, 4.69) is 0 Å². The van der Waals surface area contributed by atoms with Crippen LogP contribution < -0.4 is 19.3 Å². The number of nitrogens with zero attached hydrogens (tertiary/aromatic N) is 2. The van der Waals surface area contributed by atoms with Gasteiger partial charge >= 0.3 is 0 Å². The molecule has 2 amide bonds. The summed E-state index contributed by atoms with van der Waals surface area (Å²) < 4.78 is 10.5. The van der Waals surface area contributed by atoms with Crippen LogP contribution in [0.4, 0.5) is 11.4 Å². The summed E-state index contributed by atoms with van der Waals surface area (Å²) in [4.78, 5) is 28.2. The lowest BCUT2D eigenvalue weighted by atomic mass is 10.2. The van der Waals surface area contributed by atoms with Gasteiger partial charge in [0.25, 0.3) is 0 Å². The minimum Gasteiger partial charge on any atom is -0.493 e. The van der Waals surface area contributed by atoms with Crippen molar-refractivity contribution in [2.24, 2.45) is 0 Å². The summed E-state index contributed by atoms with van der Waals surface area (Å²) in [6, 6.07) is 13.0. The van der Waals surface area contributed by atoms with E-state index in [1.54, 1.807) is 30.2 Å². The summed E-state index contributed by atoms with van der Waals surface area (Å²) >= 11 is 0. The number of ether oxygens (including phenoxy) is 2. The fourth-order valence-electron chi connectivity index (χ4n) is 3.20. The number of carbonyl (C=O) groups excluding carboxylic acids is 2. The fraction of sp³-hybridized carbons (Fsp3) is 0.300. The molecule has 6 nitrogen and oxygen atoms in total. The summed E-state index contributed by atoms with van der Waals surface area (Å²) in [6.45, 7) is 2.05. The van der Waals surface area contributed by atoms with Crippen LogP contribution in [0.3, 0.4) is 0 Å². The third kappa shape index (κ3) is 3.35. The lowest BCUT2D eigenvalue weighted by Gasteiger charge is -2.25. The molecule has 0 spiro atoms. The van der Waals surface area contributed by atoms with E-state index in [0.29, 0.717) is 23.7 Å². The Kier molecular flexibility index (Phi) is 5.11. The standard InChI is InChI=1S/C20H22N2O4/c1-14(23)22(16-8-9-18(25-2)19(12-16)26-3)13-20(24)21-11-10-15-6-4-5-7-17(15)21/h4-9,12H,10-11,13H2,1-3H3. The van der Waals surface area contributed by atoms with Crippen LogP contribution in [0.25, 0.3) is 0 Å². The van der Waals surface area contributed by atoms with Crippen molar-refractivity contribution in [1.29, 1.82) is 0 Å². The molecule has 0 saturated carbocycles. The zero-order valence-corrected chi connectivity index (χ0v) is 15.2. The van der Waals surface area contributed by atoms with Crippen molar-refractivity contribution >= 4 is 23.2 Å². The van der Waals surface area contributed by atoms with Crippen LogP contribution in [-0.4, -0.2) is 39.1 Å². The number of amides is 2. The molecule has 0 atom stereocenters. The largest absolute Gasteiger partial charge is 0.493 e. The monoisotopic (exact) mass is 354 g/mol. The third-order valence-electron chi connectivity index (χ3n) is 4.54. The predicted octanol–water partition coefficient (Wildman–Crippen LogP) is 2.65. The molecule has 2 aromatic rings. The molecule has 0 N–H and O–H groups in total. The van der Waals surface area contributed by atoms with E-state index in [1.807, 2.05) is 24.3 Å². The van der Waals surface area contributed by atoms with Crippen LogP contribution in [0.1, 0.15) is 12.5 Å². The highest BCUT2D eigenvalue weighted by Gasteiger charge is 2.27. The molecule has 1 aliphatic rings. The molecule has 1 heterocycles. The highest BCUT2D eigenvalue weighted by atomic mass is 16.5. The van der Waals surface area contributed by atoms with Crippen molar-refractivity contribution in [1.82, 2.24) is 0 Å². The lowest BCUT2D eigenvalue weighted by Crippen LogP contribution is -2.41. The molecule has 2 aromatic carbocycles. The first-order chi connectivity index (χ1) is 12.5. The van der Waals surface area contributed by atoms with Gasteiger partial charge in [0, 0.05) is 30.9 Å². The van der Waals surface area contributed by atoms with E-state index in [9.17, 15) is 9.59 Å². The van der Waals surface area contributed by atoms with Crippen LogP contribution in [0.15, 0.2) is 42.5 Å². The van der Waals surface area contributed by atoms with E-state index in [0.717, 1.165) is 17.7 Å². The molecule has 0 aromatic heterocycles. The number of hydrogen-bond donors (Lipinski definition) is 0. The van der Waals surface area contributed by atoms with Crippen molar-refractivity contribution in [3.8, 4) is 11.5 Å². The SMILES string of the molecule is COc1ccc(N(CC(=O)N2CCc3ccccc32)C(C)=O)cc1OC. The van der Waals surface area contributed by atoms with Gasteiger partial charge < -0.3 is 19.3 Å². The van der Waals surface area contributed by atoms with Crippen LogP contribution in [0.5, 0.6) is 11.5 Å². The summed E-state index contributed by atoms with van der Waals surface area (Å²) in [5.74, 6) is 0.757. The fourth-order valence-corrected chi connectivity index (χ4v) is 3.20. The Bertz CT molecular complexity index is 834. The average molecular weight is 354 g/mol. The molecule has 0 aliphatic carbocycles. The van der Waals surface area contributed by atoms with Gasteiger partial charge in [0.2, 0.25) is 11.8 Å². The second kappa shape index (κ2) is 7.47. The number of carbonyl (C=O) groups is 2. The maximum atomic E-state index is 12.8. The average Bonchev–Trinajstić information content (AvgIpc) is 3.09. The number of hydrogen-bond acceptors (Lipinski definition) is 4. The van der Waals surface area contributed by atoms with E-state index >= 15 is 0 Å². The lowest BCUT2D eigenvalue weighted by molar-refractivity contribution is -0.121. The Morgan fingerprint density at radius 2 is 1.81 bits per heavy atom. The molecule has 0 fully saturated rings. The first-order valence-corrected chi connectivity index (χ1v) is 8.43. The Morgan fingerprint density at radius 3 is 2.50 bits per heavy atom. The quantitative estimate of drug-likeness (QED) is 0.828. The van der Waals surface area contributed by atoms with Gasteiger partial charge in [-0.25, -0.2) is 0 Å². The van der Waals surface area contributed by atoms with Gasteiger partial charge in [0.1, 0.15) is 6.54 Å². The van der Waals surface area contributed by atoms with Crippen LogP contribution in [-0.2, 0) is 16.0 Å². The molecule has 0 radical (unpaired) electrons. The topological polar surface area (TPSA) is 59.1 Å². The highest BCUT2D eigenvalue weighted by Crippen LogP contribution is 2.32. The molecule has 6 heteroatoms. The second-order valence-corrected chi connectivity index (χ2v) is 6.07. The summed E-state index contributed by atoms with van der Waals surface area (Å²) in [6.07, 6.45) is 0.832. The maximum absolute atomic E-state index is 12.8. The Morgan fingerprint density at radius 1 is 1.08 bits per heavy atom. The minimum atomic E-state index is -0.210. The number of para-hydroxylation sites is 1. The minimum absolute atomic E-state index is 0.0286. The van der Waals surface area contributed by atoms with E-state index in [1.165, 1.54) is 18.9 Å². The van der Waals surface area contributed by atoms with Gasteiger partial charge in [-0.3, -0.25) is 9.59 Å². The van der Waals surface area contributed by atoms with Crippen LogP contribution in [0, 0.1) is 0 Å². The molecule has 136 valence electrons. The first-order valence-electron chi connectivity index (χ1n) is 8.43. The molecular weight excluding hydrogens is 332 g/mol. The van der Waals surface area contributed by atoms with Gasteiger partial charge in [0.05, 0.1) is 14.2 Å². The number of anilines is 2. The van der Waals surface area contributed by atoms with Gasteiger partial charge in [-0.1, -0.05) is 18.2 Å². The van der Waals surface area contributed by atoms with Crippen molar-refractivity contribution in [3.63, 3.8) is 0 Å². The molecule has 0 unspecified atom stereocenters. The third-order valence-corrected chi connectivity index (χ3v) is 4.54. The Balaban J connectivity index is 1.84. The second-order valence-electron chi connectivity index (χ2n) is 6.07.